The number of nitrogens with zero attached hydrogens (tertiary/aromatic N) is 1. The molecule has 2 aromatic rings. The van der Waals surface area contributed by atoms with Gasteiger partial charge >= 0.3 is 0 Å². The average molecular weight is 277 g/mol. The van der Waals surface area contributed by atoms with Crippen LogP contribution in [0.25, 0.3) is 0 Å². The minimum Gasteiger partial charge on any atom is -0.306 e. The SMILES string of the molecule is CN1CC[C@H]2C[C@H](c3ccccc3)c3ccccc3[C@@H]2C1. The van der Waals surface area contributed by atoms with Crippen molar-refractivity contribution in [2.75, 3.05) is 20.1 Å². The molecule has 2 aromatic carbocycles. The Hall–Kier alpha value is -1.60. The van der Waals surface area contributed by atoms with Crippen molar-refractivity contribution >= 4 is 0 Å². The van der Waals surface area contributed by atoms with Crippen LogP contribution < -0.4 is 0 Å². The maximum absolute atomic E-state index is 2.50. The van der Waals surface area contributed by atoms with E-state index in [9.17, 15) is 0 Å². The van der Waals surface area contributed by atoms with Gasteiger partial charge in [0.25, 0.3) is 0 Å². The van der Waals surface area contributed by atoms with Gasteiger partial charge in [-0.25, -0.2) is 0 Å². The Kier molecular flexibility index (Phi) is 3.31. The third kappa shape index (κ3) is 2.30. The van der Waals surface area contributed by atoms with Crippen LogP contribution in [0.1, 0.15) is 41.4 Å². The summed E-state index contributed by atoms with van der Waals surface area (Å²) in [6, 6.07) is 20.3. The van der Waals surface area contributed by atoms with Crippen molar-refractivity contribution in [3.63, 3.8) is 0 Å². The number of hydrogen-bond acceptors (Lipinski definition) is 1. The lowest BCUT2D eigenvalue weighted by molar-refractivity contribution is 0.169. The fraction of sp³-hybridized carbons (Fsp3) is 0.400. The number of likely N-dealkylation sites (tertiary alicyclic amines) is 1. The van der Waals surface area contributed by atoms with E-state index >= 15 is 0 Å². The Bertz CT molecular complexity index is 619. The van der Waals surface area contributed by atoms with Crippen LogP contribution in [0.3, 0.4) is 0 Å². The highest BCUT2D eigenvalue weighted by molar-refractivity contribution is 5.43. The summed E-state index contributed by atoms with van der Waals surface area (Å²) in [5.41, 5.74) is 4.66. The van der Waals surface area contributed by atoms with Gasteiger partial charge in [-0.2, -0.15) is 0 Å². The van der Waals surface area contributed by atoms with E-state index in [4.69, 9.17) is 0 Å². The van der Waals surface area contributed by atoms with Crippen LogP contribution in [0.5, 0.6) is 0 Å². The molecular weight excluding hydrogens is 254 g/mol. The van der Waals surface area contributed by atoms with Gasteiger partial charge in [0.05, 0.1) is 0 Å². The van der Waals surface area contributed by atoms with Gasteiger partial charge in [-0.3, -0.25) is 0 Å². The van der Waals surface area contributed by atoms with Crippen LogP contribution >= 0.6 is 0 Å². The van der Waals surface area contributed by atoms with Crippen molar-refractivity contribution in [1.82, 2.24) is 4.90 Å². The summed E-state index contributed by atoms with van der Waals surface area (Å²) in [6.07, 6.45) is 2.67. The lowest BCUT2D eigenvalue weighted by Gasteiger charge is -2.44. The topological polar surface area (TPSA) is 3.24 Å². The maximum Gasteiger partial charge on any atom is 0.00950 e. The number of hydrogen-bond donors (Lipinski definition) is 0. The molecule has 0 aromatic heterocycles. The highest BCUT2D eigenvalue weighted by atomic mass is 15.1. The molecule has 3 atom stereocenters. The lowest BCUT2D eigenvalue weighted by Crippen LogP contribution is -2.40. The molecule has 0 amide bonds. The van der Waals surface area contributed by atoms with Crippen molar-refractivity contribution in [2.45, 2.75) is 24.7 Å². The van der Waals surface area contributed by atoms with E-state index in [1.54, 1.807) is 11.1 Å². The van der Waals surface area contributed by atoms with E-state index in [0.717, 1.165) is 11.8 Å². The molecule has 0 radical (unpaired) electrons. The molecule has 1 nitrogen and oxygen atoms in total. The third-order valence-corrected chi connectivity index (χ3v) is 5.47. The molecule has 0 N–H and O–H groups in total. The molecule has 108 valence electrons. The Morgan fingerprint density at radius 3 is 2.43 bits per heavy atom. The fourth-order valence-electron chi connectivity index (χ4n) is 4.39. The molecule has 4 rings (SSSR count). The second-order valence-electron chi connectivity index (χ2n) is 6.75. The quantitative estimate of drug-likeness (QED) is 0.753. The van der Waals surface area contributed by atoms with E-state index in [1.807, 2.05) is 0 Å². The summed E-state index contributed by atoms with van der Waals surface area (Å²) in [5.74, 6) is 2.17. The molecular formula is C20H23N. The second kappa shape index (κ2) is 5.31. The normalized spacial score (nSPS) is 28.7. The smallest absolute Gasteiger partial charge is 0.00950 e. The summed E-state index contributed by atoms with van der Waals surface area (Å²) in [7, 11) is 2.27. The highest BCUT2D eigenvalue weighted by Gasteiger charge is 2.37. The number of piperidine rings is 1. The third-order valence-electron chi connectivity index (χ3n) is 5.47. The first kappa shape index (κ1) is 13.1. The molecule has 1 aliphatic heterocycles. The Morgan fingerprint density at radius 1 is 0.905 bits per heavy atom. The van der Waals surface area contributed by atoms with Gasteiger partial charge in [0.2, 0.25) is 0 Å². The van der Waals surface area contributed by atoms with Crippen molar-refractivity contribution in [1.29, 1.82) is 0 Å². The van der Waals surface area contributed by atoms with Gasteiger partial charge in [-0.05, 0) is 55.0 Å². The van der Waals surface area contributed by atoms with E-state index < -0.39 is 0 Å². The molecule has 21 heavy (non-hydrogen) atoms. The lowest BCUT2D eigenvalue weighted by atomic mass is 9.66. The second-order valence-corrected chi connectivity index (χ2v) is 6.75. The average Bonchev–Trinajstić information content (AvgIpc) is 2.55. The van der Waals surface area contributed by atoms with Crippen LogP contribution in [-0.4, -0.2) is 25.0 Å². The first-order valence-corrected chi connectivity index (χ1v) is 8.15. The molecule has 0 saturated carbocycles. The maximum atomic E-state index is 2.50. The first-order chi connectivity index (χ1) is 10.3. The van der Waals surface area contributed by atoms with E-state index in [1.165, 1.54) is 31.5 Å². The number of fused-ring (bicyclic) bond motifs is 3. The zero-order chi connectivity index (χ0) is 14.2. The summed E-state index contributed by atoms with van der Waals surface area (Å²) < 4.78 is 0. The summed E-state index contributed by atoms with van der Waals surface area (Å²) in [6.45, 7) is 2.48. The van der Waals surface area contributed by atoms with Gasteiger partial charge in [0.15, 0.2) is 0 Å². The van der Waals surface area contributed by atoms with E-state index in [0.29, 0.717) is 5.92 Å². The zero-order valence-corrected chi connectivity index (χ0v) is 12.7. The predicted molar refractivity (Wildman–Crippen MR) is 87.7 cm³/mol. The molecule has 1 saturated heterocycles. The van der Waals surface area contributed by atoms with Gasteiger partial charge in [0.1, 0.15) is 0 Å². The van der Waals surface area contributed by atoms with Crippen molar-refractivity contribution in [3.05, 3.63) is 71.3 Å². The number of benzene rings is 2. The first-order valence-electron chi connectivity index (χ1n) is 8.15. The van der Waals surface area contributed by atoms with Crippen LogP contribution in [0, 0.1) is 5.92 Å². The Labute approximate surface area is 127 Å². The van der Waals surface area contributed by atoms with Crippen molar-refractivity contribution in [3.8, 4) is 0 Å². The van der Waals surface area contributed by atoms with Crippen LogP contribution in [-0.2, 0) is 0 Å². The molecule has 0 unspecified atom stereocenters. The summed E-state index contributed by atoms with van der Waals surface area (Å²) >= 11 is 0. The van der Waals surface area contributed by atoms with Gasteiger partial charge in [0, 0.05) is 12.5 Å². The minimum absolute atomic E-state index is 0.590. The largest absolute Gasteiger partial charge is 0.306 e. The molecule has 2 aliphatic rings. The molecule has 1 heterocycles. The van der Waals surface area contributed by atoms with Gasteiger partial charge in [-0.1, -0.05) is 54.6 Å². The van der Waals surface area contributed by atoms with Crippen LogP contribution in [0.2, 0.25) is 0 Å². The number of rotatable bonds is 1. The van der Waals surface area contributed by atoms with Gasteiger partial charge < -0.3 is 4.90 Å². The Morgan fingerprint density at radius 2 is 1.62 bits per heavy atom. The van der Waals surface area contributed by atoms with Gasteiger partial charge in [-0.15, -0.1) is 0 Å². The molecule has 1 heteroatoms. The monoisotopic (exact) mass is 277 g/mol. The summed E-state index contributed by atoms with van der Waals surface area (Å²) in [5, 5.41) is 0. The minimum atomic E-state index is 0.590. The highest BCUT2D eigenvalue weighted by Crippen LogP contribution is 2.48. The van der Waals surface area contributed by atoms with Crippen LogP contribution in [0.4, 0.5) is 0 Å². The van der Waals surface area contributed by atoms with E-state index in [2.05, 4.69) is 66.5 Å². The fourth-order valence-corrected chi connectivity index (χ4v) is 4.39. The molecule has 0 bridgehead atoms. The Balaban J connectivity index is 1.79. The van der Waals surface area contributed by atoms with Crippen LogP contribution in [0.15, 0.2) is 54.6 Å². The summed E-state index contributed by atoms with van der Waals surface area (Å²) in [4.78, 5) is 2.50. The molecule has 0 spiro atoms. The zero-order valence-electron chi connectivity index (χ0n) is 12.7. The number of likely N-dealkylation sites (N-methyl/N-ethyl adjacent to an activating group) is 1. The predicted octanol–water partition coefficient (Wildman–Crippen LogP) is 4.26. The van der Waals surface area contributed by atoms with E-state index in [-0.39, 0.29) is 0 Å². The standard InChI is InChI=1S/C20H23N/c1-21-12-11-16-13-19(15-7-3-2-4-8-15)17-9-5-6-10-18(17)20(16)14-21/h2-10,16,19-20H,11-14H2,1H3/t16-,19+,20+/m0/s1. The van der Waals surface area contributed by atoms with Crippen molar-refractivity contribution < 1.29 is 0 Å². The van der Waals surface area contributed by atoms with Crippen molar-refractivity contribution in [2.24, 2.45) is 5.92 Å². The molecule has 1 fully saturated rings. The molecule has 1 aliphatic carbocycles.